The van der Waals surface area contributed by atoms with Gasteiger partial charge in [0.25, 0.3) is 0 Å². The summed E-state index contributed by atoms with van der Waals surface area (Å²) >= 11 is 0. The SMILES string of the molecule is CNC(=O)CCN[C@@H](C)c1cccc(F)c1. The smallest absolute Gasteiger partial charge is 0.221 e. The van der Waals surface area contributed by atoms with E-state index in [1.165, 1.54) is 12.1 Å². The molecule has 1 atom stereocenters. The molecule has 0 aliphatic rings. The van der Waals surface area contributed by atoms with Gasteiger partial charge in [-0.05, 0) is 24.6 Å². The van der Waals surface area contributed by atoms with E-state index in [4.69, 9.17) is 0 Å². The van der Waals surface area contributed by atoms with Gasteiger partial charge in [0.2, 0.25) is 5.91 Å². The minimum absolute atomic E-state index is 0.000979. The number of halogens is 1. The van der Waals surface area contributed by atoms with Gasteiger partial charge in [-0.2, -0.15) is 0 Å². The molecule has 1 aromatic rings. The third-order valence-electron chi connectivity index (χ3n) is 2.43. The zero-order chi connectivity index (χ0) is 12.0. The fourth-order valence-electron chi connectivity index (χ4n) is 1.42. The van der Waals surface area contributed by atoms with Crippen molar-refractivity contribution in [2.75, 3.05) is 13.6 Å². The molecule has 0 unspecified atom stereocenters. The van der Waals surface area contributed by atoms with Crippen molar-refractivity contribution < 1.29 is 9.18 Å². The second-order valence-corrected chi connectivity index (χ2v) is 3.65. The number of benzene rings is 1. The highest BCUT2D eigenvalue weighted by Gasteiger charge is 2.06. The molecule has 0 aliphatic carbocycles. The number of carbonyl (C=O) groups is 1. The molecule has 0 saturated carbocycles. The lowest BCUT2D eigenvalue weighted by molar-refractivity contribution is -0.120. The van der Waals surface area contributed by atoms with Gasteiger partial charge in [-0.3, -0.25) is 4.79 Å². The highest BCUT2D eigenvalue weighted by atomic mass is 19.1. The molecule has 4 heteroatoms. The van der Waals surface area contributed by atoms with Crippen molar-refractivity contribution in [1.82, 2.24) is 10.6 Å². The topological polar surface area (TPSA) is 41.1 Å². The summed E-state index contributed by atoms with van der Waals surface area (Å²) in [6.45, 7) is 2.52. The molecule has 0 spiro atoms. The summed E-state index contributed by atoms with van der Waals surface area (Å²) in [7, 11) is 1.61. The predicted molar refractivity (Wildman–Crippen MR) is 61.5 cm³/mol. The summed E-state index contributed by atoms with van der Waals surface area (Å²) < 4.78 is 12.9. The maximum absolute atomic E-state index is 12.9. The Kier molecular flexibility index (Phi) is 4.92. The highest BCUT2D eigenvalue weighted by molar-refractivity contribution is 5.75. The van der Waals surface area contributed by atoms with E-state index in [0.717, 1.165) is 5.56 Å². The van der Waals surface area contributed by atoms with Gasteiger partial charge >= 0.3 is 0 Å². The van der Waals surface area contributed by atoms with Crippen molar-refractivity contribution in [3.63, 3.8) is 0 Å². The van der Waals surface area contributed by atoms with Gasteiger partial charge in [0.05, 0.1) is 0 Å². The lowest BCUT2D eigenvalue weighted by atomic mass is 10.1. The Labute approximate surface area is 95.0 Å². The Hall–Kier alpha value is -1.42. The zero-order valence-corrected chi connectivity index (χ0v) is 9.59. The molecule has 0 bridgehead atoms. The average Bonchev–Trinajstić information content (AvgIpc) is 2.28. The van der Waals surface area contributed by atoms with Crippen LogP contribution in [0.1, 0.15) is 24.9 Å². The number of carbonyl (C=O) groups excluding carboxylic acids is 1. The lowest BCUT2D eigenvalue weighted by Gasteiger charge is -2.13. The van der Waals surface area contributed by atoms with Crippen molar-refractivity contribution in [2.24, 2.45) is 0 Å². The molecule has 0 saturated heterocycles. The van der Waals surface area contributed by atoms with Crippen molar-refractivity contribution in [1.29, 1.82) is 0 Å². The first-order chi connectivity index (χ1) is 7.63. The number of rotatable bonds is 5. The van der Waals surface area contributed by atoms with Gasteiger partial charge < -0.3 is 10.6 Å². The summed E-state index contributed by atoms with van der Waals surface area (Å²) in [4.78, 5) is 11.0. The summed E-state index contributed by atoms with van der Waals surface area (Å²) in [6.07, 6.45) is 0.427. The van der Waals surface area contributed by atoms with Gasteiger partial charge in [0, 0.05) is 26.1 Å². The molecule has 1 aromatic carbocycles. The third kappa shape index (κ3) is 3.98. The Bertz CT molecular complexity index is 355. The van der Waals surface area contributed by atoms with Gasteiger partial charge in [0.1, 0.15) is 5.82 Å². The first-order valence-electron chi connectivity index (χ1n) is 5.33. The van der Waals surface area contributed by atoms with Gasteiger partial charge in [-0.15, -0.1) is 0 Å². The highest BCUT2D eigenvalue weighted by Crippen LogP contribution is 2.12. The largest absolute Gasteiger partial charge is 0.359 e. The standard InChI is InChI=1S/C12H17FN2O/c1-9(15-7-6-12(16)14-2)10-4-3-5-11(13)8-10/h3-5,8-9,15H,6-7H2,1-2H3,(H,14,16)/t9-/m0/s1. The number of amides is 1. The predicted octanol–water partition coefficient (Wildman–Crippen LogP) is 1.61. The van der Waals surface area contributed by atoms with Crippen molar-refractivity contribution in [3.05, 3.63) is 35.6 Å². The zero-order valence-electron chi connectivity index (χ0n) is 9.59. The third-order valence-corrected chi connectivity index (χ3v) is 2.43. The van der Waals surface area contributed by atoms with Crippen LogP contribution >= 0.6 is 0 Å². The molecular weight excluding hydrogens is 207 g/mol. The second-order valence-electron chi connectivity index (χ2n) is 3.65. The molecule has 0 radical (unpaired) electrons. The Morgan fingerprint density at radius 3 is 2.88 bits per heavy atom. The van der Waals surface area contributed by atoms with Crippen LogP contribution in [0, 0.1) is 5.82 Å². The van der Waals surface area contributed by atoms with Crippen LogP contribution in [0.5, 0.6) is 0 Å². The summed E-state index contributed by atoms with van der Waals surface area (Å²) in [5.41, 5.74) is 0.886. The maximum atomic E-state index is 12.9. The van der Waals surface area contributed by atoms with Crippen LogP contribution in [0.15, 0.2) is 24.3 Å². The van der Waals surface area contributed by atoms with E-state index in [1.54, 1.807) is 13.1 Å². The van der Waals surface area contributed by atoms with E-state index >= 15 is 0 Å². The number of nitrogens with one attached hydrogen (secondary N) is 2. The maximum Gasteiger partial charge on any atom is 0.221 e. The summed E-state index contributed by atoms with van der Waals surface area (Å²) in [5.74, 6) is -0.239. The first-order valence-corrected chi connectivity index (χ1v) is 5.33. The summed E-state index contributed by atoms with van der Waals surface area (Å²) in [5, 5.41) is 5.71. The minimum atomic E-state index is -0.238. The molecule has 0 aliphatic heterocycles. The van der Waals surface area contributed by atoms with E-state index in [2.05, 4.69) is 10.6 Å². The quantitative estimate of drug-likeness (QED) is 0.798. The summed E-state index contributed by atoms with van der Waals surface area (Å²) in [6, 6.07) is 6.50. The monoisotopic (exact) mass is 224 g/mol. The molecule has 2 N–H and O–H groups in total. The van der Waals surface area contributed by atoms with Crippen LogP contribution in [-0.4, -0.2) is 19.5 Å². The lowest BCUT2D eigenvalue weighted by Crippen LogP contribution is -2.26. The molecule has 3 nitrogen and oxygen atoms in total. The molecule has 0 aromatic heterocycles. The molecule has 88 valence electrons. The Balaban J connectivity index is 2.40. The first kappa shape index (κ1) is 12.6. The van der Waals surface area contributed by atoms with Crippen LogP contribution < -0.4 is 10.6 Å². The van der Waals surface area contributed by atoms with Crippen LogP contribution in [0.25, 0.3) is 0 Å². The molecule has 1 rings (SSSR count). The molecule has 1 amide bonds. The van der Waals surface area contributed by atoms with Crippen molar-refractivity contribution >= 4 is 5.91 Å². The van der Waals surface area contributed by atoms with Crippen molar-refractivity contribution in [3.8, 4) is 0 Å². The van der Waals surface area contributed by atoms with E-state index in [9.17, 15) is 9.18 Å². The van der Waals surface area contributed by atoms with Crippen LogP contribution in [0.2, 0.25) is 0 Å². The van der Waals surface area contributed by atoms with Gasteiger partial charge in [-0.25, -0.2) is 4.39 Å². The van der Waals surface area contributed by atoms with Crippen molar-refractivity contribution in [2.45, 2.75) is 19.4 Å². The minimum Gasteiger partial charge on any atom is -0.359 e. The van der Waals surface area contributed by atoms with Gasteiger partial charge in [-0.1, -0.05) is 12.1 Å². The van der Waals surface area contributed by atoms with E-state index < -0.39 is 0 Å². The molecule has 16 heavy (non-hydrogen) atoms. The fraction of sp³-hybridized carbons (Fsp3) is 0.417. The van der Waals surface area contributed by atoms with E-state index in [0.29, 0.717) is 13.0 Å². The fourth-order valence-corrected chi connectivity index (χ4v) is 1.42. The second kappa shape index (κ2) is 6.23. The molecule has 0 fully saturated rings. The normalized spacial score (nSPS) is 12.2. The number of hydrogen-bond donors (Lipinski definition) is 2. The number of hydrogen-bond acceptors (Lipinski definition) is 2. The Morgan fingerprint density at radius 2 is 2.25 bits per heavy atom. The molecular formula is C12H17FN2O. The van der Waals surface area contributed by atoms with E-state index in [1.807, 2.05) is 13.0 Å². The van der Waals surface area contributed by atoms with E-state index in [-0.39, 0.29) is 17.8 Å². The Morgan fingerprint density at radius 1 is 1.50 bits per heavy atom. The average molecular weight is 224 g/mol. The van der Waals surface area contributed by atoms with Gasteiger partial charge in [0.15, 0.2) is 0 Å². The van der Waals surface area contributed by atoms with Crippen LogP contribution in [0.4, 0.5) is 4.39 Å². The van der Waals surface area contributed by atoms with Crippen LogP contribution in [0.3, 0.4) is 0 Å². The molecule has 0 heterocycles. The van der Waals surface area contributed by atoms with Crippen LogP contribution in [-0.2, 0) is 4.79 Å².